The molecular formula is C15H22ClN3O. The lowest BCUT2D eigenvalue weighted by Gasteiger charge is -2.09. The molecule has 0 aliphatic rings. The number of rotatable bonds is 6. The lowest BCUT2D eigenvalue weighted by atomic mass is 9.96. The fourth-order valence-corrected chi connectivity index (χ4v) is 2.11. The predicted molar refractivity (Wildman–Crippen MR) is 82.3 cm³/mol. The van der Waals surface area contributed by atoms with Gasteiger partial charge in [-0.15, -0.1) is 12.4 Å². The van der Waals surface area contributed by atoms with Crippen LogP contribution in [-0.2, 0) is 6.42 Å². The van der Waals surface area contributed by atoms with Crippen molar-refractivity contribution in [3.8, 4) is 0 Å². The maximum absolute atomic E-state index is 5.43. The molecule has 0 saturated heterocycles. The molecule has 1 N–H and O–H groups in total. The summed E-state index contributed by atoms with van der Waals surface area (Å²) in [5.74, 6) is 1.67. The molecule has 5 heteroatoms. The van der Waals surface area contributed by atoms with E-state index in [9.17, 15) is 0 Å². The first kappa shape index (κ1) is 16.7. The second kappa shape index (κ2) is 8.02. The average Bonchev–Trinajstić information content (AvgIpc) is 2.89. The normalized spacial score (nSPS) is 13.6. The molecule has 0 radical (unpaired) electrons. The number of nitrogens with zero attached hydrogens (tertiary/aromatic N) is 2. The van der Waals surface area contributed by atoms with Crippen molar-refractivity contribution in [1.82, 2.24) is 15.5 Å². The van der Waals surface area contributed by atoms with Gasteiger partial charge in [0.25, 0.3) is 0 Å². The van der Waals surface area contributed by atoms with E-state index < -0.39 is 0 Å². The zero-order valence-corrected chi connectivity index (χ0v) is 13.0. The van der Waals surface area contributed by atoms with Crippen molar-refractivity contribution in [2.45, 2.75) is 38.6 Å². The minimum Gasteiger partial charge on any atom is -0.339 e. The van der Waals surface area contributed by atoms with Crippen LogP contribution < -0.4 is 5.32 Å². The van der Waals surface area contributed by atoms with E-state index in [2.05, 4.69) is 41.4 Å². The summed E-state index contributed by atoms with van der Waals surface area (Å²) in [7, 11) is 1.93. The highest BCUT2D eigenvalue weighted by atomic mass is 35.5. The SMILES string of the molecule is CCC(c1ccccc1)c1nc(CC(C)NC)no1.Cl. The second-order valence-electron chi connectivity index (χ2n) is 4.81. The van der Waals surface area contributed by atoms with Crippen molar-refractivity contribution in [2.24, 2.45) is 0 Å². The molecule has 2 unspecified atom stereocenters. The maximum Gasteiger partial charge on any atom is 0.234 e. The molecule has 110 valence electrons. The Labute approximate surface area is 126 Å². The quantitative estimate of drug-likeness (QED) is 0.889. The highest BCUT2D eigenvalue weighted by molar-refractivity contribution is 5.85. The van der Waals surface area contributed by atoms with E-state index in [1.54, 1.807) is 0 Å². The first-order valence-electron chi connectivity index (χ1n) is 6.79. The van der Waals surface area contributed by atoms with Crippen molar-refractivity contribution < 1.29 is 4.52 Å². The average molecular weight is 296 g/mol. The summed E-state index contributed by atoms with van der Waals surface area (Å²) in [6, 6.07) is 10.7. The molecule has 1 heterocycles. The molecule has 2 aromatic rings. The minimum atomic E-state index is 0. The molecule has 2 rings (SSSR count). The van der Waals surface area contributed by atoms with Crippen LogP contribution in [0, 0.1) is 0 Å². The Balaban J connectivity index is 0.00000200. The number of hydrogen-bond acceptors (Lipinski definition) is 4. The summed E-state index contributed by atoms with van der Waals surface area (Å²) in [6.07, 6.45) is 1.73. The molecule has 0 saturated carbocycles. The molecule has 20 heavy (non-hydrogen) atoms. The largest absolute Gasteiger partial charge is 0.339 e. The standard InChI is InChI=1S/C15H21N3O.ClH/c1-4-13(12-8-6-5-7-9-12)15-17-14(18-19-15)10-11(2)16-3;/h5-9,11,13,16H,4,10H2,1-3H3;1H. The number of nitrogens with one attached hydrogen (secondary N) is 1. The van der Waals surface area contributed by atoms with Crippen LogP contribution in [0.5, 0.6) is 0 Å². The summed E-state index contributed by atoms with van der Waals surface area (Å²) in [5, 5.41) is 7.25. The van der Waals surface area contributed by atoms with Gasteiger partial charge in [0.2, 0.25) is 5.89 Å². The third-order valence-corrected chi connectivity index (χ3v) is 3.37. The molecule has 0 bridgehead atoms. The Morgan fingerprint density at radius 3 is 2.55 bits per heavy atom. The van der Waals surface area contributed by atoms with Crippen LogP contribution in [0.15, 0.2) is 34.9 Å². The van der Waals surface area contributed by atoms with Crippen molar-refractivity contribution in [3.05, 3.63) is 47.6 Å². The van der Waals surface area contributed by atoms with Gasteiger partial charge in [0.05, 0.1) is 5.92 Å². The molecule has 0 aliphatic heterocycles. The van der Waals surface area contributed by atoms with E-state index in [1.807, 2.05) is 25.2 Å². The minimum absolute atomic E-state index is 0. The summed E-state index contributed by atoms with van der Waals surface area (Å²) in [4.78, 5) is 4.53. The summed E-state index contributed by atoms with van der Waals surface area (Å²) < 4.78 is 5.43. The third kappa shape index (κ3) is 4.05. The van der Waals surface area contributed by atoms with Crippen LogP contribution in [0.3, 0.4) is 0 Å². The van der Waals surface area contributed by atoms with Crippen LogP contribution in [0.4, 0.5) is 0 Å². The summed E-state index contributed by atoms with van der Waals surface area (Å²) >= 11 is 0. The molecule has 1 aromatic heterocycles. The Kier molecular flexibility index (Phi) is 6.68. The Hall–Kier alpha value is -1.39. The van der Waals surface area contributed by atoms with Crippen molar-refractivity contribution in [3.63, 3.8) is 0 Å². The first-order chi connectivity index (χ1) is 9.24. The maximum atomic E-state index is 5.43. The second-order valence-corrected chi connectivity index (χ2v) is 4.81. The Morgan fingerprint density at radius 1 is 1.25 bits per heavy atom. The van der Waals surface area contributed by atoms with E-state index in [4.69, 9.17) is 4.52 Å². The van der Waals surface area contributed by atoms with Crippen molar-refractivity contribution in [2.75, 3.05) is 7.05 Å². The predicted octanol–water partition coefficient (Wildman–Crippen LogP) is 3.18. The van der Waals surface area contributed by atoms with Gasteiger partial charge in [-0.05, 0) is 26.0 Å². The number of aromatic nitrogens is 2. The number of hydrogen-bond donors (Lipinski definition) is 1. The van der Waals surface area contributed by atoms with Crippen molar-refractivity contribution >= 4 is 12.4 Å². The third-order valence-electron chi connectivity index (χ3n) is 3.37. The molecular weight excluding hydrogens is 274 g/mol. The van der Waals surface area contributed by atoms with Gasteiger partial charge in [0, 0.05) is 12.5 Å². The number of halogens is 1. The fourth-order valence-electron chi connectivity index (χ4n) is 2.11. The molecule has 4 nitrogen and oxygen atoms in total. The van der Waals surface area contributed by atoms with Crippen LogP contribution in [0.1, 0.15) is 43.5 Å². The van der Waals surface area contributed by atoms with Crippen LogP contribution in [0.25, 0.3) is 0 Å². The van der Waals surface area contributed by atoms with Crippen LogP contribution >= 0.6 is 12.4 Å². The van der Waals surface area contributed by atoms with E-state index in [1.165, 1.54) is 5.56 Å². The lowest BCUT2D eigenvalue weighted by Crippen LogP contribution is -2.24. The monoisotopic (exact) mass is 295 g/mol. The summed E-state index contributed by atoms with van der Waals surface area (Å²) in [6.45, 7) is 4.24. The fraction of sp³-hybridized carbons (Fsp3) is 0.467. The Bertz CT molecular complexity index is 501. The lowest BCUT2D eigenvalue weighted by molar-refractivity contribution is 0.357. The zero-order valence-electron chi connectivity index (χ0n) is 12.2. The molecule has 0 amide bonds. The molecule has 0 aliphatic carbocycles. The smallest absolute Gasteiger partial charge is 0.234 e. The van der Waals surface area contributed by atoms with Crippen molar-refractivity contribution in [1.29, 1.82) is 0 Å². The van der Waals surface area contributed by atoms with Gasteiger partial charge >= 0.3 is 0 Å². The van der Waals surface area contributed by atoms with E-state index >= 15 is 0 Å². The van der Waals surface area contributed by atoms with E-state index in [0.717, 1.165) is 18.7 Å². The summed E-state index contributed by atoms with van der Waals surface area (Å²) in [5.41, 5.74) is 1.22. The number of benzene rings is 1. The number of likely N-dealkylation sites (N-methyl/N-ethyl adjacent to an activating group) is 1. The van der Waals surface area contributed by atoms with E-state index in [-0.39, 0.29) is 18.3 Å². The highest BCUT2D eigenvalue weighted by Gasteiger charge is 2.19. The molecule has 2 atom stereocenters. The van der Waals surface area contributed by atoms with Gasteiger partial charge in [-0.25, -0.2) is 0 Å². The van der Waals surface area contributed by atoms with Crippen LogP contribution in [-0.4, -0.2) is 23.2 Å². The van der Waals surface area contributed by atoms with Gasteiger partial charge in [0.15, 0.2) is 5.82 Å². The Morgan fingerprint density at radius 2 is 1.95 bits per heavy atom. The van der Waals surface area contributed by atoms with Gasteiger partial charge in [0.1, 0.15) is 0 Å². The topological polar surface area (TPSA) is 51.0 Å². The van der Waals surface area contributed by atoms with Gasteiger partial charge < -0.3 is 9.84 Å². The molecule has 0 fully saturated rings. The first-order valence-corrected chi connectivity index (χ1v) is 6.79. The van der Waals surface area contributed by atoms with Gasteiger partial charge in [-0.2, -0.15) is 4.98 Å². The van der Waals surface area contributed by atoms with Crippen LogP contribution in [0.2, 0.25) is 0 Å². The van der Waals surface area contributed by atoms with E-state index in [0.29, 0.717) is 11.9 Å². The van der Waals surface area contributed by atoms with Gasteiger partial charge in [-0.1, -0.05) is 42.4 Å². The zero-order chi connectivity index (χ0) is 13.7. The highest BCUT2D eigenvalue weighted by Crippen LogP contribution is 2.26. The van der Waals surface area contributed by atoms with Gasteiger partial charge in [-0.3, -0.25) is 0 Å². The molecule has 1 aromatic carbocycles. The molecule has 0 spiro atoms.